The molecule has 1 aromatic rings. The number of aromatic nitrogens is 2. The van der Waals surface area contributed by atoms with Crippen molar-refractivity contribution in [2.75, 3.05) is 6.61 Å². The molecular weight excluding hydrogens is 220 g/mol. The van der Waals surface area contributed by atoms with Gasteiger partial charge in [0.25, 0.3) is 0 Å². The van der Waals surface area contributed by atoms with Crippen molar-refractivity contribution in [1.82, 2.24) is 9.78 Å². The Morgan fingerprint density at radius 2 is 2.27 bits per heavy atom. The van der Waals surface area contributed by atoms with Crippen molar-refractivity contribution in [1.29, 1.82) is 0 Å². The van der Waals surface area contributed by atoms with Crippen LogP contribution in [-0.4, -0.2) is 28.1 Å². The standard InChI is InChI=1S/C9H11ClN2O3/c1-3-15-8(14)4-7(13)6-5-11-12(2)9(6)10/h5H,3-4H2,1-2H3. The summed E-state index contributed by atoms with van der Waals surface area (Å²) in [6.45, 7) is 1.94. The zero-order valence-electron chi connectivity index (χ0n) is 8.49. The summed E-state index contributed by atoms with van der Waals surface area (Å²) in [4.78, 5) is 22.6. The number of aryl methyl sites for hydroxylation is 1. The molecule has 0 aromatic carbocycles. The summed E-state index contributed by atoms with van der Waals surface area (Å²) in [5, 5.41) is 4.03. The minimum atomic E-state index is -0.553. The summed E-state index contributed by atoms with van der Waals surface area (Å²) in [5.74, 6) is -0.936. The molecule has 0 aliphatic rings. The first-order valence-corrected chi connectivity index (χ1v) is 4.80. The van der Waals surface area contributed by atoms with Gasteiger partial charge in [-0.25, -0.2) is 0 Å². The summed E-state index contributed by atoms with van der Waals surface area (Å²) >= 11 is 5.79. The number of rotatable bonds is 4. The maximum atomic E-state index is 11.5. The second kappa shape index (κ2) is 4.93. The molecule has 5 nitrogen and oxygen atoms in total. The quantitative estimate of drug-likeness (QED) is 0.443. The highest BCUT2D eigenvalue weighted by Crippen LogP contribution is 2.15. The first-order chi connectivity index (χ1) is 7.06. The lowest BCUT2D eigenvalue weighted by Gasteiger charge is -2.00. The number of carbonyl (C=O) groups is 2. The lowest BCUT2D eigenvalue weighted by Crippen LogP contribution is -2.11. The highest BCUT2D eigenvalue weighted by molar-refractivity contribution is 6.33. The number of carbonyl (C=O) groups excluding carboxylic acids is 2. The molecule has 1 rings (SSSR count). The van der Waals surface area contributed by atoms with Gasteiger partial charge in [0.05, 0.1) is 18.4 Å². The Hall–Kier alpha value is -1.36. The number of Topliss-reactive ketones (excluding diaryl/α,β-unsaturated/α-hetero) is 1. The molecule has 0 atom stereocenters. The van der Waals surface area contributed by atoms with E-state index >= 15 is 0 Å². The van der Waals surface area contributed by atoms with E-state index in [1.54, 1.807) is 14.0 Å². The molecule has 6 heteroatoms. The summed E-state index contributed by atoms with van der Waals surface area (Å²) in [5.41, 5.74) is 0.243. The average molecular weight is 231 g/mol. The number of nitrogens with zero attached hydrogens (tertiary/aromatic N) is 2. The Morgan fingerprint density at radius 3 is 2.73 bits per heavy atom. The molecule has 0 bridgehead atoms. The van der Waals surface area contributed by atoms with Crippen molar-refractivity contribution in [2.45, 2.75) is 13.3 Å². The van der Waals surface area contributed by atoms with E-state index in [2.05, 4.69) is 9.84 Å². The van der Waals surface area contributed by atoms with Crippen molar-refractivity contribution in [3.63, 3.8) is 0 Å². The van der Waals surface area contributed by atoms with Gasteiger partial charge in [-0.3, -0.25) is 14.3 Å². The smallest absolute Gasteiger partial charge is 0.313 e. The van der Waals surface area contributed by atoms with Crippen molar-refractivity contribution in [2.24, 2.45) is 7.05 Å². The first-order valence-electron chi connectivity index (χ1n) is 4.42. The van der Waals surface area contributed by atoms with Crippen molar-refractivity contribution in [3.8, 4) is 0 Å². The van der Waals surface area contributed by atoms with Crippen LogP contribution in [0.2, 0.25) is 5.15 Å². The van der Waals surface area contributed by atoms with Gasteiger partial charge in [0.15, 0.2) is 5.78 Å². The van der Waals surface area contributed by atoms with E-state index in [0.29, 0.717) is 0 Å². The second-order valence-electron chi connectivity index (χ2n) is 2.88. The Labute approximate surface area is 92.0 Å². The van der Waals surface area contributed by atoms with Crippen LogP contribution in [0.15, 0.2) is 6.20 Å². The number of ketones is 1. The van der Waals surface area contributed by atoms with Gasteiger partial charge in [-0.2, -0.15) is 5.10 Å². The third-order valence-electron chi connectivity index (χ3n) is 1.78. The summed E-state index contributed by atoms with van der Waals surface area (Å²) in [7, 11) is 1.61. The minimum absolute atomic E-state index is 0.226. The molecule has 15 heavy (non-hydrogen) atoms. The van der Waals surface area contributed by atoms with Crippen LogP contribution in [0.25, 0.3) is 0 Å². The maximum absolute atomic E-state index is 11.5. The van der Waals surface area contributed by atoms with E-state index in [9.17, 15) is 9.59 Å². The summed E-state index contributed by atoms with van der Waals surface area (Å²) in [6.07, 6.45) is 1.03. The molecule has 1 heterocycles. The monoisotopic (exact) mass is 230 g/mol. The highest BCUT2D eigenvalue weighted by atomic mass is 35.5. The third kappa shape index (κ3) is 2.79. The third-order valence-corrected chi connectivity index (χ3v) is 2.23. The Kier molecular flexibility index (Phi) is 3.85. The SMILES string of the molecule is CCOC(=O)CC(=O)c1cnn(C)c1Cl. The van der Waals surface area contributed by atoms with Crippen LogP contribution >= 0.6 is 11.6 Å². The molecule has 82 valence electrons. The molecule has 0 aliphatic heterocycles. The van der Waals surface area contributed by atoms with E-state index in [-0.39, 0.29) is 29.5 Å². The fraction of sp³-hybridized carbons (Fsp3) is 0.444. The number of hydrogen-bond acceptors (Lipinski definition) is 4. The van der Waals surface area contributed by atoms with Gasteiger partial charge < -0.3 is 4.74 Å². The Morgan fingerprint density at radius 1 is 1.60 bits per heavy atom. The van der Waals surface area contributed by atoms with E-state index in [1.807, 2.05) is 0 Å². The Balaban J connectivity index is 2.69. The molecule has 0 aliphatic carbocycles. The molecular formula is C9H11ClN2O3. The maximum Gasteiger partial charge on any atom is 0.313 e. The van der Waals surface area contributed by atoms with E-state index in [1.165, 1.54) is 10.9 Å². The van der Waals surface area contributed by atoms with Crippen molar-refractivity contribution in [3.05, 3.63) is 16.9 Å². The van der Waals surface area contributed by atoms with Crippen molar-refractivity contribution < 1.29 is 14.3 Å². The molecule has 1 aromatic heterocycles. The predicted octanol–water partition coefficient (Wildman–Crippen LogP) is 1.21. The molecule has 0 amide bonds. The minimum Gasteiger partial charge on any atom is -0.466 e. The predicted molar refractivity (Wildman–Crippen MR) is 53.8 cm³/mol. The fourth-order valence-electron chi connectivity index (χ4n) is 1.05. The number of ether oxygens (including phenoxy) is 1. The van der Waals surface area contributed by atoms with Gasteiger partial charge in [-0.1, -0.05) is 11.6 Å². The fourth-order valence-corrected chi connectivity index (χ4v) is 1.25. The second-order valence-corrected chi connectivity index (χ2v) is 3.24. The Bertz CT molecular complexity index is 387. The number of halogens is 1. The van der Waals surface area contributed by atoms with Gasteiger partial charge >= 0.3 is 5.97 Å². The van der Waals surface area contributed by atoms with E-state index in [0.717, 1.165) is 0 Å². The number of esters is 1. The van der Waals surface area contributed by atoms with Crippen LogP contribution in [0.3, 0.4) is 0 Å². The molecule has 0 radical (unpaired) electrons. The van der Waals surface area contributed by atoms with Gasteiger partial charge in [0.1, 0.15) is 11.6 Å². The molecule has 0 unspecified atom stereocenters. The van der Waals surface area contributed by atoms with E-state index in [4.69, 9.17) is 11.6 Å². The van der Waals surface area contributed by atoms with Crippen LogP contribution in [0.1, 0.15) is 23.7 Å². The van der Waals surface area contributed by atoms with Gasteiger partial charge in [-0.15, -0.1) is 0 Å². The van der Waals surface area contributed by atoms with Crippen LogP contribution in [0.4, 0.5) is 0 Å². The average Bonchev–Trinajstić information content (AvgIpc) is 2.48. The normalized spacial score (nSPS) is 10.1. The molecule has 0 spiro atoms. The first kappa shape index (κ1) is 11.7. The van der Waals surface area contributed by atoms with Gasteiger partial charge in [0, 0.05) is 7.05 Å². The summed E-state index contributed by atoms with van der Waals surface area (Å²) in [6, 6.07) is 0. The largest absolute Gasteiger partial charge is 0.466 e. The van der Waals surface area contributed by atoms with Crippen LogP contribution < -0.4 is 0 Å². The topological polar surface area (TPSA) is 61.2 Å². The van der Waals surface area contributed by atoms with Gasteiger partial charge in [-0.05, 0) is 6.92 Å². The lowest BCUT2D eigenvalue weighted by molar-refractivity contribution is -0.141. The van der Waals surface area contributed by atoms with Gasteiger partial charge in [0.2, 0.25) is 0 Å². The van der Waals surface area contributed by atoms with Crippen molar-refractivity contribution >= 4 is 23.4 Å². The zero-order chi connectivity index (χ0) is 11.4. The molecule has 0 saturated carbocycles. The molecule has 0 N–H and O–H groups in total. The van der Waals surface area contributed by atoms with Crippen LogP contribution in [0.5, 0.6) is 0 Å². The number of hydrogen-bond donors (Lipinski definition) is 0. The van der Waals surface area contributed by atoms with Crippen LogP contribution in [-0.2, 0) is 16.6 Å². The lowest BCUT2D eigenvalue weighted by atomic mass is 10.2. The zero-order valence-corrected chi connectivity index (χ0v) is 9.24. The van der Waals surface area contributed by atoms with Crippen LogP contribution in [0, 0.1) is 0 Å². The molecule has 0 fully saturated rings. The molecule has 0 saturated heterocycles. The highest BCUT2D eigenvalue weighted by Gasteiger charge is 2.18. The summed E-state index contributed by atoms with van der Waals surface area (Å²) < 4.78 is 6.01. The van der Waals surface area contributed by atoms with E-state index < -0.39 is 5.97 Å².